The van der Waals surface area contributed by atoms with Gasteiger partial charge in [-0.2, -0.15) is 0 Å². The Bertz CT molecular complexity index is 285. The molecule has 72 valence electrons. The predicted molar refractivity (Wildman–Crippen MR) is 46.8 cm³/mol. The van der Waals surface area contributed by atoms with Crippen molar-refractivity contribution in [1.82, 2.24) is 15.1 Å². The maximum absolute atomic E-state index is 5.40. The lowest BCUT2D eigenvalue weighted by molar-refractivity contribution is 0.263. The van der Waals surface area contributed by atoms with Crippen LogP contribution in [-0.2, 0) is 6.54 Å². The van der Waals surface area contributed by atoms with E-state index in [1.165, 1.54) is 6.42 Å². The molecule has 0 aromatic carbocycles. The van der Waals surface area contributed by atoms with Gasteiger partial charge in [-0.15, -0.1) is 10.2 Å². The Labute approximate surface area is 76.9 Å². The first-order valence-corrected chi connectivity index (χ1v) is 4.54. The Hall–Kier alpha value is -0.940. The minimum atomic E-state index is 0.299. The van der Waals surface area contributed by atoms with Crippen molar-refractivity contribution in [3.8, 4) is 0 Å². The second-order valence-electron chi connectivity index (χ2n) is 3.38. The van der Waals surface area contributed by atoms with E-state index >= 15 is 0 Å². The standard InChI is InChI=1S/C8H14N4O/c1-12-4-2-3-6(12)8-11-10-7(5-9)13-8/h6H,2-5,9H2,1H3. The van der Waals surface area contributed by atoms with Gasteiger partial charge in [0.1, 0.15) is 0 Å². The SMILES string of the molecule is CN1CCCC1c1nnc(CN)o1. The first kappa shape index (κ1) is 8.65. The molecule has 5 heteroatoms. The van der Waals surface area contributed by atoms with Crippen LogP contribution in [0.25, 0.3) is 0 Å². The molecule has 5 nitrogen and oxygen atoms in total. The Kier molecular flexibility index (Phi) is 2.28. The number of hydrogen-bond donors (Lipinski definition) is 1. The molecule has 1 aromatic heterocycles. The first-order valence-electron chi connectivity index (χ1n) is 4.54. The van der Waals surface area contributed by atoms with Crippen LogP contribution in [0.3, 0.4) is 0 Å². The smallest absolute Gasteiger partial charge is 0.233 e. The van der Waals surface area contributed by atoms with Crippen molar-refractivity contribution in [3.63, 3.8) is 0 Å². The van der Waals surface area contributed by atoms with Crippen LogP contribution in [0.15, 0.2) is 4.42 Å². The average Bonchev–Trinajstić information content (AvgIpc) is 2.71. The van der Waals surface area contributed by atoms with Crippen molar-refractivity contribution < 1.29 is 4.42 Å². The van der Waals surface area contributed by atoms with Gasteiger partial charge in [0.15, 0.2) is 0 Å². The summed E-state index contributed by atoms with van der Waals surface area (Å²) in [5.41, 5.74) is 5.39. The topological polar surface area (TPSA) is 68.2 Å². The summed E-state index contributed by atoms with van der Waals surface area (Å²) in [6.07, 6.45) is 2.30. The fraction of sp³-hybridized carbons (Fsp3) is 0.750. The molecule has 0 aliphatic carbocycles. The van der Waals surface area contributed by atoms with Gasteiger partial charge in [-0.05, 0) is 26.4 Å². The van der Waals surface area contributed by atoms with Crippen LogP contribution in [-0.4, -0.2) is 28.7 Å². The van der Waals surface area contributed by atoms with Crippen molar-refractivity contribution in [3.05, 3.63) is 11.8 Å². The van der Waals surface area contributed by atoms with E-state index in [9.17, 15) is 0 Å². The van der Waals surface area contributed by atoms with Crippen molar-refractivity contribution in [1.29, 1.82) is 0 Å². The summed E-state index contributed by atoms with van der Waals surface area (Å²) in [6, 6.07) is 0.299. The molecule has 13 heavy (non-hydrogen) atoms. The lowest BCUT2D eigenvalue weighted by Gasteiger charge is -2.14. The van der Waals surface area contributed by atoms with Gasteiger partial charge in [0.2, 0.25) is 11.8 Å². The lowest BCUT2D eigenvalue weighted by Crippen LogP contribution is -2.17. The highest BCUT2D eigenvalue weighted by atomic mass is 16.4. The largest absolute Gasteiger partial charge is 0.422 e. The van der Waals surface area contributed by atoms with Crippen LogP contribution < -0.4 is 5.73 Å². The number of nitrogens with two attached hydrogens (primary N) is 1. The Morgan fingerprint density at radius 3 is 3.00 bits per heavy atom. The highest BCUT2D eigenvalue weighted by molar-refractivity contribution is 4.93. The highest BCUT2D eigenvalue weighted by Gasteiger charge is 2.27. The minimum absolute atomic E-state index is 0.299. The molecule has 1 fully saturated rings. The number of aromatic nitrogens is 2. The third-order valence-electron chi connectivity index (χ3n) is 2.46. The van der Waals surface area contributed by atoms with Gasteiger partial charge in [-0.1, -0.05) is 0 Å². The molecule has 1 unspecified atom stereocenters. The quantitative estimate of drug-likeness (QED) is 0.712. The van der Waals surface area contributed by atoms with Crippen LogP contribution >= 0.6 is 0 Å². The normalized spacial score (nSPS) is 24.0. The van der Waals surface area contributed by atoms with Gasteiger partial charge in [-0.25, -0.2) is 0 Å². The van der Waals surface area contributed by atoms with Crippen LogP contribution in [0.1, 0.15) is 30.7 Å². The molecule has 2 N–H and O–H groups in total. The summed E-state index contributed by atoms with van der Waals surface area (Å²) >= 11 is 0. The van der Waals surface area contributed by atoms with E-state index < -0.39 is 0 Å². The van der Waals surface area contributed by atoms with E-state index in [1.807, 2.05) is 0 Å². The zero-order valence-electron chi connectivity index (χ0n) is 7.73. The maximum atomic E-state index is 5.40. The molecule has 2 heterocycles. The van der Waals surface area contributed by atoms with E-state index in [4.69, 9.17) is 10.2 Å². The minimum Gasteiger partial charge on any atom is -0.422 e. The third-order valence-corrected chi connectivity index (χ3v) is 2.46. The molecule has 0 bridgehead atoms. The number of nitrogens with zero attached hydrogens (tertiary/aromatic N) is 3. The molecule has 1 saturated heterocycles. The molecule has 2 rings (SSSR count). The Morgan fingerprint density at radius 2 is 2.46 bits per heavy atom. The van der Waals surface area contributed by atoms with Crippen LogP contribution in [0.5, 0.6) is 0 Å². The molecule has 1 aliphatic rings. The van der Waals surface area contributed by atoms with E-state index in [0.717, 1.165) is 13.0 Å². The van der Waals surface area contributed by atoms with E-state index in [0.29, 0.717) is 24.4 Å². The molecule has 1 aliphatic heterocycles. The van der Waals surface area contributed by atoms with E-state index in [-0.39, 0.29) is 0 Å². The van der Waals surface area contributed by atoms with Crippen molar-refractivity contribution >= 4 is 0 Å². The second kappa shape index (κ2) is 3.43. The Balaban J connectivity index is 2.15. The fourth-order valence-corrected chi connectivity index (χ4v) is 1.71. The third kappa shape index (κ3) is 1.57. The second-order valence-corrected chi connectivity index (χ2v) is 3.38. The summed E-state index contributed by atoms with van der Waals surface area (Å²) < 4.78 is 5.40. The molecular weight excluding hydrogens is 168 g/mol. The van der Waals surface area contributed by atoms with Gasteiger partial charge >= 0.3 is 0 Å². The van der Waals surface area contributed by atoms with Gasteiger partial charge in [0, 0.05) is 0 Å². The molecular formula is C8H14N4O. The zero-order chi connectivity index (χ0) is 9.26. The maximum Gasteiger partial charge on any atom is 0.233 e. The van der Waals surface area contributed by atoms with Gasteiger partial charge in [0.25, 0.3) is 0 Å². The summed E-state index contributed by atoms with van der Waals surface area (Å²) in [7, 11) is 2.07. The molecule has 0 saturated carbocycles. The number of hydrogen-bond acceptors (Lipinski definition) is 5. The average molecular weight is 182 g/mol. The van der Waals surface area contributed by atoms with Crippen LogP contribution in [0, 0.1) is 0 Å². The van der Waals surface area contributed by atoms with Crippen LogP contribution in [0.2, 0.25) is 0 Å². The zero-order valence-corrected chi connectivity index (χ0v) is 7.73. The van der Waals surface area contributed by atoms with Gasteiger partial charge in [0.05, 0.1) is 12.6 Å². The van der Waals surface area contributed by atoms with Gasteiger partial charge < -0.3 is 10.2 Å². The molecule has 0 spiro atoms. The lowest BCUT2D eigenvalue weighted by atomic mass is 10.2. The van der Waals surface area contributed by atoms with Gasteiger partial charge in [-0.3, -0.25) is 4.90 Å². The van der Waals surface area contributed by atoms with E-state index in [1.54, 1.807) is 0 Å². The number of likely N-dealkylation sites (tertiary alicyclic amines) is 1. The predicted octanol–water partition coefficient (Wildman–Crippen LogP) is 0.295. The first-order chi connectivity index (χ1) is 6.31. The monoisotopic (exact) mass is 182 g/mol. The molecule has 0 amide bonds. The van der Waals surface area contributed by atoms with Crippen LogP contribution in [0.4, 0.5) is 0 Å². The fourth-order valence-electron chi connectivity index (χ4n) is 1.71. The van der Waals surface area contributed by atoms with Crippen molar-refractivity contribution in [2.75, 3.05) is 13.6 Å². The summed E-state index contributed by atoms with van der Waals surface area (Å²) in [4.78, 5) is 2.23. The Morgan fingerprint density at radius 1 is 1.62 bits per heavy atom. The summed E-state index contributed by atoms with van der Waals surface area (Å²) in [5.74, 6) is 1.23. The van der Waals surface area contributed by atoms with Crippen molar-refractivity contribution in [2.24, 2.45) is 5.73 Å². The number of rotatable bonds is 2. The van der Waals surface area contributed by atoms with Crippen molar-refractivity contribution in [2.45, 2.75) is 25.4 Å². The molecule has 1 atom stereocenters. The molecule has 1 aromatic rings. The summed E-state index contributed by atoms with van der Waals surface area (Å²) in [6.45, 7) is 1.43. The highest BCUT2D eigenvalue weighted by Crippen LogP contribution is 2.28. The van der Waals surface area contributed by atoms with E-state index in [2.05, 4.69) is 22.1 Å². The molecule has 0 radical (unpaired) electrons. The summed E-state index contributed by atoms with van der Waals surface area (Å²) in [5, 5.41) is 7.83.